The summed E-state index contributed by atoms with van der Waals surface area (Å²) in [5, 5.41) is 5.20. The predicted octanol–water partition coefficient (Wildman–Crippen LogP) is 14.3. The molecule has 50 heavy (non-hydrogen) atoms. The quantitative estimate of drug-likeness (QED) is 0.0588. The summed E-state index contributed by atoms with van der Waals surface area (Å²) in [4.78, 5) is 4.95. The van der Waals surface area contributed by atoms with Crippen LogP contribution in [0.15, 0.2) is 51.9 Å². The summed E-state index contributed by atoms with van der Waals surface area (Å²) in [6.07, 6.45) is 25.9. The maximum atomic E-state index is 15.4. The number of nitrogens with zero attached hydrogens (tertiary/aromatic N) is 1. The minimum absolute atomic E-state index is 0.0155. The molecule has 4 rings (SSSR count). The zero-order valence-electron chi connectivity index (χ0n) is 31.7. The van der Waals surface area contributed by atoms with Crippen molar-refractivity contribution in [1.29, 1.82) is 0 Å². The zero-order chi connectivity index (χ0) is 35.6. The molecule has 2 aromatic rings. The molecule has 1 heterocycles. The topological polar surface area (TPSA) is 37.5 Å². The Morgan fingerprint density at radius 3 is 1.72 bits per heavy atom. The summed E-state index contributed by atoms with van der Waals surface area (Å²) >= 11 is 0. The second-order valence-corrected chi connectivity index (χ2v) is 14.5. The van der Waals surface area contributed by atoms with E-state index in [0.29, 0.717) is 27.9 Å². The largest absolute Gasteiger partial charge is 0.456 e. The van der Waals surface area contributed by atoms with Gasteiger partial charge in [-0.25, -0.2) is 8.78 Å². The molecule has 1 N–H and O–H groups in total. The Labute approximate surface area is 301 Å². The van der Waals surface area contributed by atoms with Crippen LogP contribution >= 0.6 is 0 Å². The Kier molecular flexibility index (Phi) is 17.3. The molecule has 1 aliphatic heterocycles. The number of aryl methyl sites for hydroxylation is 2. The molecule has 0 amide bonds. The number of hydrogen-bond acceptors (Lipinski definition) is 3. The van der Waals surface area contributed by atoms with Gasteiger partial charge in [0.25, 0.3) is 0 Å². The van der Waals surface area contributed by atoms with Gasteiger partial charge in [0, 0.05) is 47.4 Å². The van der Waals surface area contributed by atoms with Gasteiger partial charge in [0.15, 0.2) is 0 Å². The van der Waals surface area contributed by atoms with E-state index in [1.54, 1.807) is 0 Å². The Bertz CT molecular complexity index is 1600. The molecule has 0 bridgehead atoms. The third kappa shape index (κ3) is 11.9. The molecule has 274 valence electrons. The van der Waals surface area contributed by atoms with Crippen molar-refractivity contribution >= 4 is 16.7 Å². The highest BCUT2D eigenvalue weighted by molar-refractivity contribution is 6.03. The number of benzene rings is 3. The van der Waals surface area contributed by atoms with Crippen molar-refractivity contribution in [3.63, 3.8) is 0 Å². The maximum Gasteiger partial charge on any atom is 0.137 e. The molecule has 1 aliphatic carbocycles. The molecule has 5 heteroatoms. The summed E-state index contributed by atoms with van der Waals surface area (Å²) in [7, 11) is 0. The van der Waals surface area contributed by atoms with Crippen LogP contribution in [0.2, 0.25) is 0 Å². The van der Waals surface area contributed by atoms with E-state index in [1.165, 1.54) is 134 Å². The number of fused-ring (bicyclic) bond motifs is 2. The third-order valence-corrected chi connectivity index (χ3v) is 10.2. The molecule has 0 aromatic heterocycles. The van der Waals surface area contributed by atoms with Gasteiger partial charge in [0.1, 0.15) is 23.0 Å². The van der Waals surface area contributed by atoms with Crippen LogP contribution in [0.4, 0.5) is 14.5 Å². The molecular weight excluding hydrogens is 623 g/mol. The molecule has 0 radical (unpaired) electrons. The molecule has 0 saturated heterocycles. The van der Waals surface area contributed by atoms with E-state index in [1.807, 2.05) is 38.1 Å². The van der Waals surface area contributed by atoms with Crippen LogP contribution in [0.5, 0.6) is 0 Å². The van der Waals surface area contributed by atoms with Crippen LogP contribution in [-0.4, -0.2) is 13.1 Å². The summed E-state index contributed by atoms with van der Waals surface area (Å²) in [6.45, 7) is 10.2. The van der Waals surface area contributed by atoms with Gasteiger partial charge in [0.05, 0.1) is 10.9 Å². The van der Waals surface area contributed by atoms with Crippen LogP contribution in [0.1, 0.15) is 153 Å². The van der Waals surface area contributed by atoms with E-state index >= 15 is 8.78 Å². The van der Waals surface area contributed by atoms with Gasteiger partial charge in [-0.15, -0.1) is 0 Å². The van der Waals surface area contributed by atoms with Gasteiger partial charge in [-0.1, -0.05) is 135 Å². The van der Waals surface area contributed by atoms with Crippen LogP contribution < -0.4 is 10.7 Å². The molecule has 0 unspecified atom stereocenters. The second kappa shape index (κ2) is 21.9. The Morgan fingerprint density at radius 1 is 0.600 bits per heavy atom. The van der Waals surface area contributed by atoms with Crippen molar-refractivity contribution in [1.82, 2.24) is 0 Å². The number of nitrogens with one attached hydrogen (secondary N) is 1. The van der Waals surface area contributed by atoms with E-state index < -0.39 is 11.6 Å². The summed E-state index contributed by atoms with van der Waals surface area (Å²) in [5.74, 6) is -0.564. The van der Waals surface area contributed by atoms with E-state index in [4.69, 9.17) is 9.41 Å². The van der Waals surface area contributed by atoms with Crippen molar-refractivity contribution in [2.45, 2.75) is 156 Å². The number of halogens is 2. The average Bonchev–Trinajstić information content (AvgIpc) is 3.10. The standard InChI is InChI=1S/C45H64F2N2O/c1-5-7-9-11-13-15-17-19-21-23-28-48-40-32-42-36(30-34(40)3)44(45-38(46)26-25-27-39(45)47)37-31-35(4)41(33-43(37)50-42)49-29-24-22-20-18-16-14-12-10-8-6-2/h25-27,30-33,48H,5-24,28-29H2,1-4H3/b49-41-. The van der Waals surface area contributed by atoms with E-state index in [9.17, 15) is 0 Å². The lowest BCUT2D eigenvalue weighted by molar-refractivity contribution is 0.557. The van der Waals surface area contributed by atoms with Crippen molar-refractivity contribution < 1.29 is 13.2 Å². The van der Waals surface area contributed by atoms with Crippen molar-refractivity contribution in [3.8, 4) is 22.5 Å². The lowest BCUT2D eigenvalue weighted by Crippen LogP contribution is -2.10. The number of unbranched alkanes of at least 4 members (excludes halogenated alkanes) is 18. The van der Waals surface area contributed by atoms with Gasteiger partial charge in [-0.3, -0.25) is 4.99 Å². The van der Waals surface area contributed by atoms with Crippen LogP contribution in [0.25, 0.3) is 33.4 Å². The highest BCUT2D eigenvalue weighted by atomic mass is 19.1. The predicted molar refractivity (Wildman–Crippen MR) is 210 cm³/mol. The Hall–Kier alpha value is -3.21. The van der Waals surface area contributed by atoms with Gasteiger partial charge in [0.2, 0.25) is 0 Å². The minimum Gasteiger partial charge on any atom is -0.456 e. The maximum absolute atomic E-state index is 15.4. The van der Waals surface area contributed by atoms with Crippen molar-refractivity contribution in [2.75, 3.05) is 18.4 Å². The number of anilines is 1. The lowest BCUT2D eigenvalue weighted by Gasteiger charge is -2.19. The first-order valence-electron chi connectivity index (χ1n) is 20.1. The SMILES string of the molecule is CCCCCCCCCCCC/N=c1/cc2oc3cc(NCCCCCCCCCCCC)c(C)cc3c(-c3c(F)cccc3F)c-2cc1C. The molecule has 0 spiro atoms. The van der Waals surface area contributed by atoms with Crippen LogP contribution in [-0.2, 0) is 0 Å². The van der Waals surface area contributed by atoms with Crippen LogP contribution in [0, 0.1) is 25.5 Å². The minimum atomic E-state index is -0.577. The normalized spacial score (nSPS) is 12.1. The van der Waals surface area contributed by atoms with Crippen molar-refractivity contribution in [3.05, 3.63) is 70.6 Å². The first kappa shape index (κ1) is 39.6. The van der Waals surface area contributed by atoms with E-state index in [2.05, 4.69) is 19.2 Å². The first-order chi connectivity index (χ1) is 24.4. The average molecular weight is 687 g/mol. The molecule has 0 atom stereocenters. The molecule has 3 nitrogen and oxygen atoms in total. The fourth-order valence-electron chi connectivity index (χ4n) is 7.19. The van der Waals surface area contributed by atoms with E-state index in [-0.39, 0.29) is 5.56 Å². The first-order valence-corrected chi connectivity index (χ1v) is 20.1. The summed E-state index contributed by atoms with van der Waals surface area (Å²) in [6, 6.07) is 12.0. The summed E-state index contributed by atoms with van der Waals surface area (Å²) in [5.41, 5.74) is 4.82. The van der Waals surface area contributed by atoms with E-state index in [0.717, 1.165) is 48.1 Å². The third-order valence-electron chi connectivity index (χ3n) is 10.2. The molecule has 2 aliphatic rings. The number of hydrogen-bond donors (Lipinski definition) is 1. The smallest absolute Gasteiger partial charge is 0.137 e. The number of rotatable bonds is 24. The van der Waals surface area contributed by atoms with Gasteiger partial charge >= 0.3 is 0 Å². The molecule has 0 fully saturated rings. The fourth-order valence-corrected chi connectivity index (χ4v) is 7.19. The highest BCUT2D eigenvalue weighted by Gasteiger charge is 2.23. The zero-order valence-corrected chi connectivity index (χ0v) is 31.7. The highest BCUT2D eigenvalue weighted by Crippen LogP contribution is 2.43. The monoisotopic (exact) mass is 686 g/mol. The Balaban J connectivity index is 1.48. The molecule has 0 saturated carbocycles. The van der Waals surface area contributed by atoms with Crippen LogP contribution in [0.3, 0.4) is 0 Å². The van der Waals surface area contributed by atoms with Gasteiger partial charge in [-0.2, -0.15) is 0 Å². The van der Waals surface area contributed by atoms with Crippen molar-refractivity contribution in [2.24, 2.45) is 4.99 Å². The second-order valence-electron chi connectivity index (χ2n) is 14.5. The van der Waals surface area contributed by atoms with Gasteiger partial charge < -0.3 is 9.73 Å². The molecule has 2 aromatic carbocycles. The fraction of sp³-hybridized carbons (Fsp3) is 0.578. The Morgan fingerprint density at radius 2 is 1.14 bits per heavy atom. The lowest BCUT2D eigenvalue weighted by atomic mass is 9.91. The summed E-state index contributed by atoms with van der Waals surface area (Å²) < 4.78 is 37.4. The van der Waals surface area contributed by atoms with Gasteiger partial charge in [-0.05, 0) is 62.1 Å². The molecular formula is C45H64F2N2O.